The molecular formula is C19H20ClF2NO. The van der Waals surface area contributed by atoms with Gasteiger partial charge >= 0.3 is 0 Å². The summed E-state index contributed by atoms with van der Waals surface area (Å²) in [7, 11) is 1.69. The van der Waals surface area contributed by atoms with Crippen LogP contribution in [0.3, 0.4) is 0 Å². The standard InChI is InChI=1S/C19H19F2NO.ClH/c1-23-18-12-22-11-10-17(18)19(13-2-6-15(20)7-3-13)14-4-8-16(21)9-5-14;/h2-9,18,22H,10-12H2,1H3;1H. The van der Waals surface area contributed by atoms with Crippen LogP contribution in [0.5, 0.6) is 0 Å². The van der Waals surface area contributed by atoms with E-state index in [2.05, 4.69) is 5.32 Å². The van der Waals surface area contributed by atoms with Gasteiger partial charge in [0.1, 0.15) is 11.6 Å². The van der Waals surface area contributed by atoms with E-state index >= 15 is 0 Å². The summed E-state index contributed by atoms with van der Waals surface area (Å²) in [5.41, 5.74) is 3.98. The summed E-state index contributed by atoms with van der Waals surface area (Å²) >= 11 is 0. The van der Waals surface area contributed by atoms with E-state index in [1.54, 1.807) is 31.4 Å². The van der Waals surface area contributed by atoms with Crippen molar-refractivity contribution in [2.45, 2.75) is 12.5 Å². The second kappa shape index (κ2) is 8.38. The number of benzene rings is 2. The van der Waals surface area contributed by atoms with E-state index in [1.807, 2.05) is 0 Å². The SMILES string of the molecule is COC1CNCCC1=C(c1ccc(F)cc1)c1ccc(F)cc1.Cl. The minimum atomic E-state index is -0.272. The predicted octanol–water partition coefficient (Wildman–Crippen LogP) is 4.20. The monoisotopic (exact) mass is 351 g/mol. The molecule has 3 rings (SSSR count). The third kappa shape index (κ3) is 4.01. The quantitative estimate of drug-likeness (QED) is 0.895. The molecule has 0 amide bonds. The Balaban J connectivity index is 0.00000208. The van der Waals surface area contributed by atoms with Gasteiger partial charge in [0, 0.05) is 13.7 Å². The molecule has 0 bridgehead atoms. The summed E-state index contributed by atoms with van der Waals surface area (Å²) in [5, 5.41) is 3.31. The van der Waals surface area contributed by atoms with Crippen LogP contribution in [0.25, 0.3) is 5.57 Å². The van der Waals surface area contributed by atoms with Gasteiger partial charge in [-0.1, -0.05) is 24.3 Å². The molecule has 1 unspecified atom stereocenters. The van der Waals surface area contributed by atoms with E-state index in [9.17, 15) is 8.78 Å². The maximum absolute atomic E-state index is 13.3. The van der Waals surface area contributed by atoms with Crippen LogP contribution in [0, 0.1) is 11.6 Å². The van der Waals surface area contributed by atoms with E-state index in [-0.39, 0.29) is 30.1 Å². The zero-order valence-corrected chi connectivity index (χ0v) is 14.2. The van der Waals surface area contributed by atoms with Crippen LogP contribution in [0.15, 0.2) is 54.1 Å². The molecule has 1 fully saturated rings. The van der Waals surface area contributed by atoms with Gasteiger partial charge in [0.2, 0.25) is 0 Å². The van der Waals surface area contributed by atoms with Gasteiger partial charge in [0.25, 0.3) is 0 Å². The number of hydrogen-bond acceptors (Lipinski definition) is 2. The maximum Gasteiger partial charge on any atom is 0.123 e. The van der Waals surface area contributed by atoms with Gasteiger partial charge in [-0.2, -0.15) is 0 Å². The Hall–Kier alpha value is -1.75. The Morgan fingerprint density at radius 3 is 1.92 bits per heavy atom. The van der Waals surface area contributed by atoms with E-state index < -0.39 is 0 Å². The lowest BCUT2D eigenvalue weighted by atomic mass is 9.87. The summed E-state index contributed by atoms with van der Waals surface area (Å²) < 4.78 is 32.2. The van der Waals surface area contributed by atoms with Crippen LogP contribution in [0.2, 0.25) is 0 Å². The third-order valence-corrected chi connectivity index (χ3v) is 4.16. The molecule has 128 valence electrons. The van der Waals surface area contributed by atoms with E-state index in [1.165, 1.54) is 24.3 Å². The molecule has 0 aliphatic carbocycles. The molecule has 2 aromatic carbocycles. The number of piperidine rings is 1. The zero-order chi connectivity index (χ0) is 16.2. The van der Waals surface area contributed by atoms with Crippen molar-refractivity contribution in [3.63, 3.8) is 0 Å². The van der Waals surface area contributed by atoms with Crippen LogP contribution in [0.4, 0.5) is 8.78 Å². The van der Waals surface area contributed by atoms with Gasteiger partial charge in [0.05, 0.1) is 6.10 Å². The zero-order valence-electron chi connectivity index (χ0n) is 13.4. The molecule has 1 aliphatic rings. The first kappa shape index (κ1) is 18.6. The second-order valence-electron chi connectivity index (χ2n) is 5.59. The molecule has 0 saturated carbocycles. The van der Waals surface area contributed by atoms with Crippen molar-refractivity contribution >= 4 is 18.0 Å². The van der Waals surface area contributed by atoms with E-state index in [4.69, 9.17) is 4.74 Å². The van der Waals surface area contributed by atoms with Crippen LogP contribution >= 0.6 is 12.4 Å². The molecule has 2 aromatic rings. The Morgan fingerprint density at radius 2 is 1.46 bits per heavy atom. The highest BCUT2D eigenvalue weighted by atomic mass is 35.5. The van der Waals surface area contributed by atoms with Gasteiger partial charge in [-0.15, -0.1) is 12.4 Å². The van der Waals surface area contributed by atoms with Gasteiger partial charge in [-0.05, 0) is 59.5 Å². The first-order valence-electron chi connectivity index (χ1n) is 7.67. The van der Waals surface area contributed by atoms with Crippen molar-refractivity contribution < 1.29 is 13.5 Å². The van der Waals surface area contributed by atoms with Gasteiger partial charge in [-0.25, -0.2) is 8.78 Å². The summed E-state index contributed by atoms with van der Waals surface area (Å²) in [5.74, 6) is -0.545. The highest BCUT2D eigenvalue weighted by Crippen LogP contribution is 2.32. The Labute approximate surface area is 146 Å². The van der Waals surface area contributed by atoms with Crippen molar-refractivity contribution in [2.75, 3.05) is 20.2 Å². The van der Waals surface area contributed by atoms with E-state index in [0.29, 0.717) is 0 Å². The molecule has 1 saturated heterocycles. The molecule has 0 spiro atoms. The van der Waals surface area contributed by atoms with Crippen LogP contribution in [0.1, 0.15) is 17.5 Å². The molecule has 1 atom stereocenters. The first-order valence-corrected chi connectivity index (χ1v) is 7.67. The van der Waals surface area contributed by atoms with Crippen LogP contribution < -0.4 is 5.32 Å². The Kier molecular flexibility index (Phi) is 6.49. The Bertz CT molecular complexity index is 651. The summed E-state index contributed by atoms with van der Waals surface area (Å²) in [6.07, 6.45) is 0.789. The van der Waals surface area contributed by atoms with Crippen molar-refractivity contribution in [1.29, 1.82) is 0 Å². The summed E-state index contributed by atoms with van der Waals surface area (Å²) in [4.78, 5) is 0. The molecule has 0 aromatic heterocycles. The lowest BCUT2D eigenvalue weighted by Gasteiger charge is -2.28. The maximum atomic E-state index is 13.3. The summed E-state index contributed by atoms with van der Waals surface area (Å²) in [6, 6.07) is 12.8. The number of methoxy groups -OCH3 is 1. The first-order chi connectivity index (χ1) is 11.2. The molecule has 24 heavy (non-hydrogen) atoms. The molecular weight excluding hydrogens is 332 g/mol. The summed E-state index contributed by atoms with van der Waals surface area (Å²) in [6.45, 7) is 1.60. The van der Waals surface area contributed by atoms with Crippen LogP contribution in [-0.2, 0) is 4.74 Å². The average Bonchev–Trinajstić information content (AvgIpc) is 2.59. The number of rotatable bonds is 3. The van der Waals surface area contributed by atoms with Crippen molar-refractivity contribution in [1.82, 2.24) is 5.32 Å². The number of halogens is 3. The molecule has 1 heterocycles. The largest absolute Gasteiger partial charge is 0.376 e. The fraction of sp³-hybridized carbons (Fsp3) is 0.263. The number of nitrogens with one attached hydrogen (secondary N) is 1. The molecule has 0 radical (unpaired) electrons. The predicted molar refractivity (Wildman–Crippen MR) is 94.4 cm³/mol. The molecule has 1 aliphatic heterocycles. The number of ether oxygens (including phenoxy) is 1. The highest BCUT2D eigenvalue weighted by Gasteiger charge is 2.23. The average molecular weight is 352 g/mol. The minimum absolute atomic E-state index is 0. The van der Waals surface area contributed by atoms with Gasteiger partial charge in [0.15, 0.2) is 0 Å². The molecule has 5 heteroatoms. The Morgan fingerprint density at radius 1 is 0.958 bits per heavy atom. The molecule has 2 nitrogen and oxygen atoms in total. The fourth-order valence-corrected chi connectivity index (χ4v) is 3.02. The number of hydrogen-bond donors (Lipinski definition) is 1. The highest BCUT2D eigenvalue weighted by molar-refractivity contribution is 5.85. The minimum Gasteiger partial charge on any atom is -0.376 e. The smallest absolute Gasteiger partial charge is 0.123 e. The fourth-order valence-electron chi connectivity index (χ4n) is 3.02. The van der Waals surface area contributed by atoms with Gasteiger partial charge in [-0.3, -0.25) is 0 Å². The van der Waals surface area contributed by atoms with Crippen molar-refractivity contribution in [2.24, 2.45) is 0 Å². The third-order valence-electron chi connectivity index (χ3n) is 4.16. The van der Waals surface area contributed by atoms with Crippen LogP contribution in [-0.4, -0.2) is 26.3 Å². The van der Waals surface area contributed by atoms with Gasteiger partial charge < -0.3 is 10.1 Å². The second-order valence-corrected chi connectivity index (χ2v) is 5.59. The molecule has 1 N–H and O–H groups in total. The van der Waals surface area contributed by atoms with Crippen molar-refractivity contribution in [3.8, 4) is 0 Å². The van der Waals surface area contributed by atoms with E-state index in [0.717, 1.165) is 41.8 Å². The lowest BCUT2D eigenvalue weighted by Crippen LogP contribution is -2.37. The normalized spacial score (nSPS) is 17.3. The topological polar surface area (TPSA) is 21.3 Å². The van der Waals surface area contributed by atoms with Crippen molar-refractivity contribution in [3.05, 3.63) is 76.9 Å². The lowest BCUT2D eigenvalue weighted by molar-refractivity contribution is 0.119.